The largest absolute Gasteiger partial charge is 0.493 e. The van der Waals surface area contributed by atoms with Crippen molar-refractivity contribution in [2.45, 2.75) is 13.0 Å². The van der Waals surface area contributed by atoms with Gasteiger partial charge in [0, 0.05) is 4.88 Å². The summed E-state index contributed by atoms with van der Waals surface area (Å²) in [7, 11) is 3.17. The highest BCUT2D eigenvalue weighted by Gasteiger charge is 2.21. The standard InChI is InChI=1S/C15H17Cl2NO2S/c1-4-18-13(15-10(16)5-6-21-15)9-7-11(17)14(20-3)12(8-9)19-2/h5-8,13,18H,4H2,1-3H3. The number of thiophene rings is 1. The molecule has 21 heavy (non-hydrogen) atoms. The molecule has 0 fully saturated rings. The van der Waals surface area contributed by atoms with Crippen LogP contribution in [-0.4, -0.2) is 20.8 Å². The summed E-state index contributed by atoms with van der Waals surface area (Å²) >= 11 is 14.2. The second-order valence-electron chi connectivity index (χ2n) is 4.36. The molecule has 0 aliphatic heterocycles. The SMILES string of the molecule is CCNC(c1cc(Cl)c(OC)c(OC)c1)c1sccc1Cl. The van der Waals surface area contributed by atoms with E-state index in [-0.39, 0.29) is 6.04 Å². The summed E-state index contributed by atoms with van der Waals surface area (Å²) in [6.45, 7) is 2.86. The highest BCUT2D eigenvalue weighted by atomic mass is 35.5. The molecular weight excluding hydrogens is 329 g/mol. The zero-order valence-corrected chi connectivity index (χ0v) is 14.4. The van der Waals surface area contributed by atoms with Gasteiger partial charge in [0.2, 0.25) is 0 Å². The van der Waals surface area contributed by atoms with Gasteiger partial charge in [-0.2, -0.15) is 0 Å². The fourth-order valence-electron chi connectivity index (χ4n) is 2.18. The van der Waals surface area contributed by atoms with Crippen molar-refractivity contribution >= 4 is 34.5 Å². The second kappa shape index (κ2) is 7.36. The summed E-state index contributed by atoms with van der Waals surface area (Å²) in [5, 5.41) is 6.67. The normalized spacial score (nSPS) is 12.2. The molecule has 0 saturated heterocycles. The monoisotopic (exact) mass is 345 g/mol. The molecule has 1 atom stereocenters. The molecule has 1 unspecified atom stereocenters. The van der Waals surface area contributed by atoms with Crippen LogP contribution in [0.2, 0.25) is 10.0 Å². The number of hydrogen-bond donors (Lipinski definition) is 1. The minimum atomic E-state index is -0.0280. The maximum atomic E-state index is 6.30. The summed E-state index contributed by atoms with van der Waals surface area (Å²) in [5.41, 5.74) is 0.990. The number of benzene rings is 1. The van der Waals surface area contributed by atoms with Gasteiger partial charge in [-0.15, -0.1) is 11.3 Å². The van der Waals surface area contributed by atoms with Crippen molar-refractivity contribution in [3.63, 3.8) is 0 Å². The van der Waals surface area contributed by atoms with Gasteiger partial charge in [-0.1, -0.05) is 30.1 Å². The molecule has 6 heteroatoms. The number of rotatable bonds is 6. The molecule has 2 rings (SSSR count). The van der Waals surface area contributed by atoms with Crippen molar-refractivity contribution < 1.29 is 9.47 Å². The van der Waals surface area contributed by atoms with Crippen LogP contribution in [0, 0.1) is 0 Å². The maximum Gasteiger partial charge on any atom is 0.179 e. The van der Waals surface area contributed by atoms with Crippen molar-refractivity contribution in [3.05, 3.63) is 44.1 Å². The first-order valence-electron chi connectivity index (χ1n) is 6.50. The molecule has 1 N–H and O–H groups in total. The predicted octanol–water partition coefficient (Wildman–Crippen LogP) is 4.77. The van der Waals surface area contributed by atoms with Crippen LogP contribution >= 0.6 is 34.5 Å². The van der Waals surface area contributed by atoms with E-state index in [0.29, 0.717) is 16.5 Å². The van der Waals surface area contributed by atoms with E-state index in [9.17, 15) is 0 Å². The summed E-state index contributed by atoms with van der Waals surface area (Å²) in [6, 6.07) is 5.68. The van der Waals surface area contributed by atoms with Crippen molar-refractivity contribution in [1.29, 1.82) is 0 Å². The van der Waals surface area contributed by atoms with Gasteiger partial charge in [-0.3, -0.25) is 0 Å². The van der Waals surface area contributed by atoms with Crippen LogP contribution in [0.4, 0.5) is 0 Å². The minimum Gasteiger partial charge on any atom is -0.493 e. The minimum absolute atomic E-state index is 0.0280. The van der Waals surface area contributed by atoms with Crippen LogP contribution in [0.25, 0.3) is 0 Å². The zero-order valence-electron chi connectivity index (χ0n) is 12.1. The number of halogens is 2. The molecule has 3 nitrogen and oxygen atoms in total. The van der Waals surface area contributed by atoms with E-state index in [4.69, 9.17) is 32.7 Å². The van der Waals surface area contributed by atoms with E-state index in [1.54, 1.807) is 25.6 Å². The van der Waals surface area contributed by atoms with E-state index in [2.05, 4.69) is 12.2 Å². The zero-order chi connectivity index (χ0) is 15.4. The average molecular weight is 346 g/mol. The Morgan fingerprint density at radius 2 is 1.95 bits per heavy atom. The molecule has 0 amide bonds. The Morgan fingerprint density at radius 1 is 1.19 bits per heavy atom. The van der Waals surface area contributed by atoms with Gasteiger partial charge in [0.1, 0.15) is 0 Å². The Kier molecular flexibility index (Phi) is 5.76. The van der Waals surface area contributed by atoms with Gasteiger partial charge in [0.05, 0.1) is 30.3 Å². The molecule has 1 heterocycles. The van der Waals surface area contributed by atoms with Gasteiger partial charge >= 0.3 is 0 Å². The van der Waals surface area contributed by atoms with E-state index in [1.807, 2.05) is 23.6 Å². The Hall–Kier alpha value is -0.940. The molecular formula is C15H17Cl2NO2S. The molecule has 2 aromatic rings. The van der Waals surface area contributed by atoms with Crippen LogP contribution in [0.5, 0.6) is 11.5 Å². The number of methoxy groups -OCH3 is 2. The number of hydrogen-bond acceptors (Lipinski definition) is 4. The summed E-state index contributed by atoms with van der Waals surface area (Å²) < 4.78 is 10.6. The first-order chi connectivity index (χ1) is 10.1. The third-order valence-corrected chi connectivity index (χ3v) is 4.81. The van der Waals surface area contributed by atoms with E-state index in [0.717, 1.165) is 22.0 Å². The van der Waals surface area contributed by atoms with Crippen LogP contribution in [0.1, 0.15) is 23.4 Å². The lowest BCUT2D eigenvalue weighted by molar-refractivity contribution is 0.354. The highest BCUT2D eigenvalue weighted by molar-refractivity contribution is 7.10. The molecule has 0 aliphatic rings. The summed E-state index contributed by atoms with van der Waals surface area (Å²) in [5.74, 6) is 1.14. The van der Waals surface area contributed by atoms with E-state index < -0.39 is 0 Å². The van der Waals surface area contributed by atoms with Crippen LogP contribution in [0.15, 0.2) is 23.6 Å². The molecule has 1 aromatic carbocycles. The van der Waals surface area contributed by atoms with Gasteiger partial charge < -0.3 is 14.8 Å². The first kappa shape index (κ1) is 16.4. The quantitative estimate of drug-likeness (QED) is 0.817. The molecule has 0 saturated carbocycles. The Morgan fingerprint density at radius 3 is 2.48 bits per heavy atom. The number of nitrogens with one attached hydrogen (secondary N) is 1. The lowest BCUT2D eigenvalue weighted by Gasteiger charge is -2.20. The van der Waals surface area contributed by atoms with Gasteiger partial charge in [-0.05, 0) is 35.7 Å². The molecule has 1 aromatic heterocycles. The van der Waals surface area contributed by atoms with Crippen LogP contribution in [-0.2, 0) is 0 Å². The van der Waals surface area contributed by atoms with Crippen molar-refractivity contribution in [2.75, 3.05) is 20.8 Å². The Balaban J connectivity index is 2.51. The number of ether oxygens (including phenoxy) is 2. The Bertz CT molecular complexity index is 616. The topological polar surface area (TPSA) is 30.5 Å². The van der Waals surface area contributed by atoms with Gasteiger partial charge in [0.15, 0.2) is 11.5 Å². The van der Waals surface area contributed by atoms with E-state index in [1.165, 1.54) is 0 Å². The van der Waals surface area contributed by atoms with Crippen molar-refractivity contribution in [3.8, 4) is 11.5 Å². The molecule has 0 aliphatic carbocycles. The summed E-state index contributed by atoms with van der Waals surface area (Å²) in [6.07, 6.45) is 0. The van der Waals surface area contributed by atoms with Gasteiger partial charge in [0.25, 0.3) is 0 Å². The molecule has 0 bridgehead atoms. The molecule has 0 radical (unpaired) electrons. The van der Waals surface area contributed by atoms with Crippen molar-refractivity contribution in [2.24, 2.45) is 0 Å². The Labute approximate surface area is 138 Å². The second-order valence-corrected chi connectivity index (χ2v) is 6.12. The third kappa shape index (κ3) is 3.46. The van der Waals surface area contributed by atoms with Crippen LogP contribution in [0.3, 0.4) is 0 Å². The van der Waals surface area contributed by atoms with Crippen molar-refractivity contribution in [1.82, 2.24) is 5.32 Å². The van der Waals surface area contributed by atoms with Gasteiger partial charge in [-0.25, -0.2) is 0 Å². The lowest BCUT2D eigenvalue weighted by atomic mass is 10.0. The predicted molar refractivity (Wildman–Crippen MR) is 89.4 cm³/mol. The smallest absolute Gasteiger partial charge is 0.179 e. The fraction of sp³-hybridized carbons (Fsp3) is 0.333. The molecule has 114 valence electrons. The third-order valence-electron chi connectivity index (χ3n) is 3.10. The average Bonchev–Trinajstić information content (AvgIpc) is 2.89. The maximum absolute atomic E-state index is 6.30. The summed E-state index contributed by atoms with van der Waals surface area (Å²) in [4.78, 5) is 1.06. The fourth-order valence-corrected chi connectivity index (χ4v) is 3.75. The lowest BCUT2D eigenvalue weighted by Crippen LogP contribution is -2.21. The molecule has 0 spiro atoms. The first-order valence-corrected chi connectivity index (χ1v) is 8.13. The van der Waals surface area contributed by atoms with E-state index >= 15 is 0 Å². The highest BCUT2D eigenvalue weighted by Crippen LogP contribution is 2.40. The van der Waals surface area contributed by atoms with Crippen LogP contribution < -0.4 is 14.8 Å².